The fourth-order valence-corrected chi connectivity index (χ4v) is 2.15. The van der Waals surface area contributed by atoms with Gasteiger partial charge in [0.05, 0.1) is 0 Å². The van der Waals surface area contributed by atoms with E-state index in [9.17, 15) is 0 Å². The number of nitrogens with zero attached hydrogens (tertiary/aromatic N) is 3. The van der Waals surface area contributed by atoms with Crippen molar-refractivity contribution in [2.45, 2.75) is 25.9 Å². The van der Waals surface area contributed by atoms with E-state index in [0.717, 1.165) is 13.0 Å². The fraction of sp³-hybridized carbons (Fsp3) is 0.333. The van der Waals surface area contributed by atoms with Crippen molar-refractivity contribution in [2.24, 2.45) is 0 Å². The normalized spacial score (nSPS) is 12.4. The van der Waals surface area contributed by atoms with Crippen LogP contribution in [0.2, 0.25) is 0 Å². The van der Waals surface area contributed by atoms with E-state index < -0.39 is 0 Å². The number of hydrogen-bond donors (Lipinski definition) is 1. The first-order valence-corrected chi connectivity index (χ1v) is 6.66. The third kappa shape index (κ3) is 3.99. The van der Waals surface area contributed by atoms with E-state index in [1.165, 1.54) is 9.26 Å². The molecule has 1 unspecified atom stereocenters. The van der Waals surface area contributed by atoms with Crippen LogP contribution in [0.1, 0.15) is 13.3 Å². The summed E-state index contributed by atoms with van der Waals surface area (Å²) in [5.74, 6) is 0. The molecule has 0 amide bonds. The molecule has 0 aliphatic heterocycles. The molecule has 90 valence electrons. The van der Waals surface area contributed by atoms with Crippen molar-refractivity contribution < 1.29 is 0 Å². The molecule has 4 nitrogen and oxygen atoms in total. The van der Waals surface area contributed by atoms with Gasteiger partial charge in [0.2, 0.25) is 0 Å². The molecular weight excluding hydrogens is 327 g/mol. The average molecular weight is 342 g/mol. The van der Waals surface area contributed by atoms with Crippen LogP contribution in [0, 0.1) is 3.57 Å². The van der Waals surface area contributed by atoms with Crippen LogP contribution in [0.15, 0.2) is 36.9 Å². The zero-order chi connectivity index (χ0) is 12.1. The van der Waals surface area contributed by atoms with Crippen molar-refractivity contribution in [1.29, 1.82) is 0 Å². The molecule has 1 aromatic carbocycles. The molecule has 0 radical (unpaired) electrons. The first-order valence-electron chi connectivity index (χ1n) is 5.58. The van der Waals surface area contributed by atoms with E-state index >= 15 is 0 Å². The van der Waals surface area contributed by atoms with Crippen LogP contribution in [0.3, 0.4) is 0 Å². The Morgan fingerprint density at radius 2 is 2.35 bits per heavy atom. The van der Waals surface area contributed by atoms with Crippen molar-refractivity contribution in [2.75, 3.05) is 5.32 Å². The molecule has 5 heteroatoms. The Kier molecular flexibility index (Phi) is 4.36. The van der Waals surface area contributed by atoms with Gasteiger partial charge in [-0.2, -0.15) is 5.10 Å². The predicted molar refractivity (Wildman–Crippen MR) is 76.9 cm³/mol. The van der Waals surface area contributed by atoms with E-state index in [4.69, 9.17) is 0 Å². The van der Waals surface area contributed by atoms with E-state index in [1.54, 1.807) is 12.7 Å². The topological polar surface area (TPSA) is 42.7 Å². The van der Waals surface area contributed by atoms with Gasteiger partial charge in [0.25, 0.3) is 0 Å². The molecule has 0 fully saturated rings. The molecule has 1 N–H and O–H groups in total. The summed E-state index contributed by atoms with van der Waals surface area (Å²) in [4.78, 5) is 3.93. The molecule has 1 atom stereocenters. The lowest BCUT2D eigenvalue weighted by molar-refractivity contribution is 0.544. The van der Waals surface area contributed by atoms with Gasteiger partial charge in [-0.25, -0.2) is 4.98 Å². The van der Waals surface area contributed by atoms with Gasteiger partial charge in [0.15, 0.2) is 0 Å². The summed E-state index contributed by atoms with van der Waals surface area (Å²) in [6.07, 6.45) is 4.34. The van der Waals surface area contributed by atoms with Crippen molar-refractivity contribution >= 4 is 28.3 Å². The van der Waals surface area contributed by atoms with Crippen molar-refractivity contribution in [3.8, 4) is 0 Å². The Labute approximate surface area is 115 Å². The number of anilines is 1. The van der Waals surface area contributed by atoms with E-state index in [0.29, 0.717) is 6.04 Å². The maximum atomic E-state index is 4.09. The first kappa shape index (κ1) is 12.3. The van der Waals surface area contributed by atoms with Crippen LogP contribution in [0.5, 0.6) is 0 Å². The summed E-state index contributed by atoms with van der Waals surface area (Å²) < 4.78 is 3.10. The Hall–Kier alpha value is -1.11. The van der Waals surface area contributed by atoms with Crippen molar-refractivity contribution in [3.63, 3.8) is 0 Å². The van der Waals surface area contributed by atoms with Gasteiger partial charge >= 0.3 is 0 Å². The van der Waals surface area contributed by atoms with Gasteiger partial charge < -0.3 is 5.32 Å². The lowest BCUT2D eigenvalue weighted by atomic mass is 10.2. The van der Waals surface area contributed by atoms with Gasteiger partial charge in [-0.1, -0.05) is 6.07 Å². The Balaban J connectivity index is 1.83. The van der Waals surface area contributed by atoms with E-state index in [-0.39, 0.29) is 0 Å². The minimum atomic E-state index is 0.414. The molecule has 2 rings (SSSR count). The number of halogens is 1. The zero-order valence-corrected chi connectivity index (χ0v) is 11.8. The summed E-state index contributed by atoms with van der Waals surface area (Å²) in [5, 5.41) is 7.56. The summed E-state index contributed by atoms with van der Waals surface area (Å²) in [7, 11) is 0. The summed E-state index contributed by atoms with van der Waals surface area (Å²) in [6, 6.07) is 8.80. The van der Waals surface area contributed by atoms with Gasteiger partial charge in [0.1, 0.15) is 12.7 Å². The number of aromatic nitrogens is 3. The zero-order valence-electron chi connectivity index (χ0n) is 9.68. The monoisotopic (exact) mass is 342 g/mol. The van der Waals surface area contributed by atoms with Crippen LogP contribution in [-0.4, -0.2) is 20.8 Å². The van der Waals surface area contributed by atoms with Gasteiger partial charge in [-0.3, -0.25) is 4.68 Å². The Morgan fingerprint density at radius 1 is 1.47 bits per heavy atom. The number of rotatable bonds is 5. The van der Waals surface area contributed by atoms with E-state index in [2.05, 4.69) is 69.2 Å². The molecule has 0 spiro atoms. The van der Waals surface area contributed by atoms with Crippen LogP contribution in [0.25, 0.3) is 0 Å². The van der Waals surface area contributed by atoms with Crippen molar-refractivity contribution in [1.82, 2.24) is 14.8 Å². The first-order chi connectivity index (χ1) is 8.24. The number of benzene rings is 1. The summed E-state index contributed by atoms with van der Waals surface area (Å²) >= 11 is 2.32. The minimum absolute atomic E-state index is 0.414. The lowest BCUT2D eigenvalue weighted by Crippen LogP contribution is -2.17. The standard InChI is InChI=1S/C12H15IN4/c1-10(5-6-17-9-14-8-15-17)16-12-4-2-3-11(13)7-12/h2-4,7-10,16H,5-6H2,1H3. The SMILES string of the molecule is CC(CCn1cncn1)Nc1cccc(I)c1. The maximum absolute atomic E-state index is 4.09. The van der Waals surface area contributed by atoms with Crippen LogP contribution in [0.4, 0.5) is 5.69 Å². The van der Waals surface area contributed by atoms with Gasteiger partial charge in [0, 0.05) is 21.8 Å². The molecule has 0 saturated heterocycles. The number of aryl methyl sites for hydroxylation is 1. The van der Waals surface area contributed by atoms with Crippen LogP contribution < -0.4 is 5.32 Å². The molecule has 0 aliphatic carbocycles. The van der Waals surface area contributed by atoms with Gasteiger partial charge in [-0.15, -0.1) is 0 Å². The third-order valence-corrected chi connectivity index (χ3v) is 3.17. The molecule has 1 aromatic heterocycles. The molecule has 0 saturated carbocycles. The minimum Gasteiger partial charge on any atom is -0.382 e. The molecule has 0 aliphatic rings. The highest BCUT2D eigenvalue weighted by Crippen LogP contribution is 2.14. The molecule has 0 bridgehead atoms. The third-order valence-electron chi connectivity index (χ3n) is 2.50. The summed E-state index contributed by atoms with van der Waals surface area (Å²) in [6.45, 7) is 3.06. The molecule has 17 heavy (non-hydrogen) atoms. The summed E-state index contributed by atoms with van der Waals surface area (Å²) in [5.41, 5.74) is 1.17. The second-order valence-corrected chi connectivity index (χ2v) is 5.25. The smallest absolute Gasteiger partial charge is 0.137 e. The average Bonchev–Trinajstić information content (AvgIpc) is 2.79. The molecule has 2 aromatic rings. The highest BCUT2D eigenvalue weighted by Gasteiger charge is 2.03. The number of nitrogens with one attached hydrogen (secondary N) is 1. The second kappa shape index (κ2) is 6.00. The van der Waals surface area contributed by atoms with Gasteiger partial charge in [-0.05, 0) is 54.1 Å². The number of hydrogen-bond acceptors (Lipinski definition) is 3. The highest BCUT2D eigenvalue weighted by atomic mass is 127. The quantitative estimate of drug-likeness (QED) is 0.850. The molecule has 1 heterocycles. The predicted octanol–water partition coefficient (Wildman–Crippen LogP) is 2.77. The van der Waals surface area contributed by atoms with Crippen LogP contribution >= 0.6 is 22.6 Å². The van der Waals surface area contributed by atoms with Crippen LogP contribution in [-0.2, 0) is 6.54 Å². The fourth-order valence-electron chi connectivity index (χ4n) is 1.61. The molecular formula is C12H15IN4. The lowest BCUT2D eigenvalue weighted by Gasteiger charge is -2.15. The highest BCUT2D eigenvalue weighted by molar-refractivity contribution is 14.1. The second-order valence-electron chi connectivity index (χ2n) is 4.00. The maximum Gasteiger partial charge on any atom is 0.137 e. The van der Waals surface area contributed by atoms with Crippen molar-refractivity contribution in [3.05, 3.63) is 40.5 Å². The Bertz CT molecular complexity index is 455. The largest absolute Gasteiger partial charge is 0.382 e. The van der Waals surface area contributed by atoms with E-state index in [1.807, 2.05) is 4.68 Å². The Morgan fingerprint density at radius 3 is 3.06 bits per heavy atom.